The summed E-state index contributed by atoms with van der Waals surface area (Å²) in [6.07, 6.45) is 4.02. The molecule has 0 aliphatic heterocycles. The van der Waals surface area contributed by atoms with Gasteiger partial charge in [0.1, 0.15) is 16.4 Å². The van der Waals surface area contributed by atoms with Gasteiger partial charge in [0.2, 0.25) is 10.0 Å². The number of nitrogens with two attached hydrogens (primary N) is 1. The summed E-state index contributed by atoms with van der Waals surface area (Å²) in [5, 5.41) is 0. The number of nitrogens with zero attached hydrogens (tertiary/aromatic N) is 1. The molecule has 7 heteroatoms. The van der Waals surface area contributed by atoms with Gasteiger partial charge in [0, 0.05) is 13.1 Å². The number of halogens is 2. The van der Waals surface area contributed by atoms with Crippen molar-refractivity contribution in [2.24, 2.45) is 11.8 Å². The highest BCUT2D eigenvalue weighted by Gasteiger charge is 2.37. The molecule has 0 bridgehead atoms. The largest absolute Gasteiger partial charge is 0.394 e. The van der Waals surface area contributed by atoms with Crippen molar-refractivity contribution < 1.29 is 17.2 Å². The van der Waals surface area contributed by atoms with Gasteiger partial charge in [-0.3, -0.25) is 0 Å². The zero-order valence-electron chi connectivity index (χ0n) is 11.6. The Hall–Kier alpha value is -1.21. The van der Waals surface area contributed by atoms with Gasteiger partial charge in [0.05, 0.1) is 0 Å². The van der Waals surface area contributed by atoms with Gasteiger partial charge < -0.3 is 5.73 Å². The lowest BCUT2D eigenvalue weighted by Crippen LogP contribution is -2.35. The molecule has 4 nitrogen and oxygen atoms in total. The first kappa shape index (κ1) is 14.7. The van der Waals surface area contributed by atoms with Crippen molar-refractivity contribution in [2.45, 2.75) is 30.6 Å². The molecule has 2 aliphatic rings. The highest BCUT2D eigenvalue weighted by molar-refractivity contribution is 7.89. The highest BCUT2D eigenvalue weighted by atomic mass is 32.2. The molecule has 0 aromatic heterocycles. The number of nitrogen functional groups attached to an aromatic ring is 1. The number of benzene rings is 1. The van der Waals surface area contributed by atoms with E-state index in [0.717, 1.165) is 37.8 Å². The van der Waals surface area contributed by atoms with Gasteiger partial charge >= 0.3 is 0 Å². The van der Waals surface area contributed by atoms with Crippen LogP contribution in [-0.2, 0) is 10.0 Å². The Labute approximate surface area is 123 Å². The molecule has 0 amide bonds. The summed E-state index contributed by atoms with van der Waals surface area (Å²) in [7, 11) is -3.97. The van der Waals surface area contributed by atoms with Crippen LogP contribution in [-0.4, -0.2) is 25.8 Å². The van der Waals surface area contributed by atoms with Crippen molar-refractivity contribution in [3.63, 3.8) is 0 Å². The van der Waals surface area contributed by atoms with Crippen LogP contribution in [0.25, 0.3) is 0 Å². The normalized spacial score (nSPS) is 19.2. The molecule has 2 N–H and O–H groups in total. The van der Waals surface area contributed by atoms with Crippen LogP contribution in [0, 0.1) is 23.5 Å². The molecule has 0 radical (unpaired) electrons. The van der Waals surface area contributed by atoms with Crippen LogP contribution in [0.15, 0.2) is 17.0 Å². The first-order valence-corrected chi connectivity index (χ1v) is 8.57. The average molecular weight is 316 g/mol. The van der Waals surface area contributed by atoms with E-state index >= 15 is 0 Å². The maximum absolute atomic E-state index is 14.1. The minimum atomic E-state index is -3.97. The Morgan fingerprint density at radius 3 is 2.10 bits per heavy atom. The first-order chi connectivity index (χ1) is 9.89. The fourth-order valence-corrected chi connectivity index (χ4v) is 4.00. The molecule has 116 valence electrons. The second-order valence-corrected chi connectivity index (χ2v) is 7.89. The van der Waals surface area contributed by atoms with Crippen molar-refractivity contribution in [1.29, 1.82) is 0 Å². The maximum Gasteiger partial charge on any atom is 0.246 e. The summed E-state index contributed by atoms with van der Waals surface area (Å²) in [5.41, 5.74) is 4.53. The van der Waals surface area contributed by atoms with E-state index in [-0.39, 0.29) is 0 Å². The second-order valence-electron chi connectivity index (χ2n) is 5.98. The van der Waals surface area contributed by atoms with Crippen LogP contribution in [0.1, 0.15) is 25.7 Å². The fraction of sp³-hybridized carbons (Fsp3) is 0.571. The van der Waals surface area contributed by atoms with Crippen molar-refractivity contribution >= 4 is 15.7 Å². The van der Waals surface area contributed by atoms with Crippen molar-refractivity contribution in [3.05, 3.63) is 23.8 Å². The molecule has 0 spiro atoms. The lowest BCUT2D eigenvalue weighted by Gasteiger charge is -2.22. The standard InChI is InChI=1S/C14H18F2N2O2S/c15-11-5-6-12(13(16)14(11)17)21(19,20)18(7-9-1-2-9)8-10-3-4-10/h5-6,9-10H,1-4,7-8,17H2. The third-order valence-corrected chi connectivity index (χ3v) is 5.88. The summed E-state index contributed by atoms with van der Waals surface area (Å²) in [6.45, 7) is 0.825. The fourth-order valence-electron chi connectivity index (χ4n) is 2.34. The molecule has 2 aliphatic carbocycles. The van der Waals surface area contributed by atoms with E-state index in [1.54, 1.807) is 0 Å². The van der Waals surface area contributed by atoms with Gasteiger partial charge in [-0.15, -0.1) is 0 Å². The van der Waals surface area contributed by atoms with Gasteiger partial charge in [0.15, 0.2) is 5.82 Å². The molecule has 2 saturated carbocycles. The highest BCUT2D eigenvalue weighted by Crippen LogP contribution is 2.36. The molecule has 21 heavy (non-hydrogen) atoms. The van der Waals surface area contributed by atoms with Gasteiger partial charge in [-0.1, -0.05) is 0 Å². The van der Waals surface area contributed by atoms with E-state index in [0.29, 0.717) is 24.9 Å². The summed E-state index contributed by atoms with van der Waals surface area (Å²) in [5.74, 6) is -1.41. The first-order valence-electron chi connectivity index (χ1n) is 7.13. The van der Waals surface area contributed by atoms with Crippen molar-refractivity contribution in [2.75, 3.05) is 18.8 Å². The summed E-state index contributed by atoms with van der Waals surface area (Å²) in [4.78, 5) is -0.525. The van der Waals surface area contributed by atoms with Gasteiger partial charge in [-0.2, -0.15) is 4.31 Å². The molecule has 2 fully saturated rings. The second kappa shape index (κ2) is 5.21. The van der Waals surface area contributed by atoms with E-state index in [2.05, 4.69) is 0 Å². The minimum Gasteiger partial charge on any atom is -0.394 e. The summed E-state index contributed by atoms with van der Waals surface area (Å²) < 4.78 is 53.9. The smallest absolute Gasteiger partial charge is 0.246 e. The lowest BCUT2D eigenvalue weighted by atomic mass is 10.3. The monoisotopic (exact) mass is 316 g/mol. The molecule has 0 atom stereocenters. The Morgan fingerprint density at radius 2 is 1.62 bits per heavy atom. The SMILES string of the molecule is Nc1c(F)ccc(S(=O)(=O)N(CC2CC2)CC2CC2)c1F. The summed E-state index contributed by atoms with van der Waals surface area (Å²) >= 11 is 0. The van der Waals surface area contributed by atoms with Crippen LogP contribution in [0.3, 0.4) is 0 Å². The number of hydrogen-bond acceptors (Lipinski definition) is 3. The predicted octanol–water partition coefficient (Wildman–Crippen LogP) is 2.36. The zero-order valence-corrected chi connectivity index (χ0v) is 12.4. The number of rotatable bonds is 6. The third-order valence-electron chi connectivity index (χ3n) is 4.03. The van der Waals surface area contributed by atoms with Crippen molar-refractivity contribution in [1.82, 2.24) is 4.31 Å². The topological polar surface area (TPSA) is 63.4 Å². The Balaban J connectivity index is 1.93. The van der Waals surface area contributed by atoms with E-state index < -0.39 is 32.2 Å². The molecule has 1 aromatic carbocycles. The number of hydrogen-bond donors (Lipinski definition) is 1. The number of anilines is 1. The average Bonchev–Trinajstić information content (AvgIpc) is 3.30. The molecule has 1 aromatic rings. The molecular weight excluding hydrogens is 298 g/mol. The Bertz CT molecular complexity index is 641. The Kier molecular flexibility index (Phi) is 3.65. The molecular formula is C14H18F2N2O2S. The molecule has 3 rings (SSSR count). The zero-order chi connectivity index (χ0) is 15.2. The van der Waals surface area contributed by atoms with E-state index in [1.165, 1.54) is 4.31 Å². The van der Waals surface area contributed by atoms with Crippen molar-refractivity contribution in [3.8, 4) is 0 Å². The van der Waals surface area contributed by atoms with Crippen LogP contribution < -0.4 is 5.73 Å². The van der Waals surface area contributed by atoms with E-state index in [4.69, 9.17) is 5.73 Å². The predicted molar refractivity (Wildman–Crippen MR) is 75.0 cm³/mol. The van der Waals surface area contributed by atoms with Gasteiger partial charge in [-0.05, 0) is 49.7 Å². The summed E-state index contributed by atoms with van der Waals surface area (Å²) in [6, 6.07) is 1.86. The minimum absolute atomic E-state index is 0.361. The quantitative estimate of drug-likeness (QED) is 0.820. The van der Waals surface area contributed by atoms with E-state index in [9.17, 15) is 17.2 Å². The third kappa shape index (κ3) is 3.03. The van der Waals surface area contributed by atoms with Crippen LogP contribution in [0.5, 0.6) is 0 Å². The molecule has 0 unspecified atom stereocenters. The maximum atomic E-state index is 14.1. The number of sulfonamides is 1. The Morgan fingerprint density at radius 1 is 1.10 bits per heavy atom. The van der Waals surface area contributed by atoms with E-state index in [1.807, 2.05) is 0 Å². The lowest BCUT2D eigenvalue weighted by molar-refractivity contribution is 0.379. The van der Waals surface area contributed by atoms with Crippen LogP contribution in [0.2, 0.25) is 0 Å². The molecule has 0 saturated heterocycles. The van der Waals surface area contributed by atoms with Gasteiger partial charge in [-0.25, -0.2) is 17.2 Å². The van der Waals surface area contributed by atoms with Crippen LogP contribution in [0.4, 0.5) is 14.5 Å². The molecule has 0 heterocycles. The van der Waals surface area contributed by atoms with Crippen LogP contribution >= 0.6 is 0 Å². The van der Waals surface area contributed by atoms with Gasteiger partial charge in [0.25, 0.3) is 0 Å².